The van der Waals surface area contributed by atoms with E-state index in [0.717, 1.165) is 0 Å². The normalized spacial score (nSPS) is 16.2. The van der Waals surface area contributed by atoms with Gasteiger partial charge in [0.05, 0.1) is 13.1 Å². The molecular weight excluding hydrogens is 360 g/mol. The zero-order chi connectivity index (χ0) is 18.8. The molecule has 26 heavy (non-hydrogen) atoms. The number of carboxylic acids is 1. The van der Waals surface area contributed by atoms with Gasteiger partial charge in [-0.1, -0.05) is 11.6 Å². The number of nitrogens with zero attached hydrogens (tertiary/aromatic N) is 4. The number of rotatable bonds is 5. The van der Waals surface area contributed by atoms with Gasteiger partial charge in [0, 0.05) is 23.4 Å². The van der Waals surface area contributed by atoms with Crippen LogP contribution in [0.4, 0.5) is 0 Å². The first-order chi connectivity index (χ1) is 12.4. The molecule has 0 fully saturated rings. The van der Waals surface area contributed by atoms with Gasteiger partial charge in [-0.2, -0.15) is 0 Å². The first-order valence-corrected chi connectivity index (χ1v) is 8.44. The minimum Gasteiger partial charge on any atom is -0.480 e. The van der Waals surface area contributed by atoms with Crippen LogP contribution >= 0.6 is 11.6 Å². The zero-order valence-electron chi connectivity index (χ0n) is 14.1. The highest BCUT2D eigenvalue weighted by Crippen LogP contribution is 2.20. The summed E-state index contributed by atoms with van der Waals surface area (Å²) in [5.74, 6) is -0.542. The minimum absolute atomic E-state index is 0.00494. The van der Waals surface area contributed by atoms with Gasteiger partial charge in [0.2, 0.25) is 5.91 Å². The van der Waals surface area contributed by atoms with Crippen molar-refractivity contribution in [1.82, 2.24) is 19.7 Å². The Bertz CT molecular complexity index is 862. The molecule has 8 nitrogen and oxygen atoms in total. The molecule has 0 aliphatic carbocycles. The summed E-state index contributed by atoms with van der Waals surface area (Å²) in [4.78, 5) is 37.6. The van der Waals surface area contributed by atoms with Crippen LogP contribution in [0.1, 0.15) is 34.8 Å². The molecule has 1 aromatic heterocycles. The molecule has 1 aliphatic heterocycles. The van der Waals surface area contributed by atoms with E-state index in [0.29, 0.717) is 22.2 Å². The van der Waals surface area contributed by atoms with E-state index in [4.69, 9.17) is 11.6 Å². The number of amides is 1. The first-order valence-electron chi connectivity index (χ1n) is 8.06. The summed E-state index contributed by atoms with van der Waals surface area (Å²) in [7, 11) is 0. The Balaban J connectivity index is 1.69. The lowest BCUT2D eigenvalue weighted by Crippen LogP contribution is -2.50. The number of ketones is 1. The maximum atomic E-state index is 12.6. The number of aliphatic carboxylic acids is 1. The number of fused-ring (bicyclic) bond motifs is 1. The highest BCUT2D eigenvalue weighted by molar-refractivity contribution is 6.30. The quantitative estimate of drug-likeness (QED) is 0.796. The van der Waals surface area contributed by atoms with Crippen LogP contribution in [-0.4, -0.2) is 48.5 Å². The summed E-state index contributed by atoms with van der Waals surface area (Å²) in [6.07, 6.45) is -0.0760. The molecule has 9 heteroatoms. The van der Waals surface area contributed by atoms with Crippen molar-refractivity contribution < 1.29 is 19.5 Å². The van der Waals surface area contributed by atoms with Crippen LogP contribution in [0, 0.1) is 6.92 Å². The number of hydrogen-bond donors (Lipinski definition) is 1. The molecule has 0 radical (unpaired) electrons. The Morgan fingerprint density at radius 3 is 2.54 bits per heavy atom. The second-order valence-electron chi connectivity index (χ2n) is 6.08. The van der Waals surface area contributed by atoms with E-state index in [-0.39, 0.29) is 31.7 Å². The molecule has 2 heterocycles. The average molecular weight is 377 g/mol. The van der Waals surface area contributed by atoms with Crippen molar-refractivity contribution >= 4 is 29.3 Å². The van der Waals surface area contributed by atoms with Gasteiger partial charge in [-0.15, -0.1) is 10.2 Å². The Morgan fingerprint density at radius 2 is 1.88 bits per heavy atom. The van der Waals surface area contributed by atoms with E-state index < -0.39 is 17.9 Å². The molecule has 1 amide bonds. The largest absolute Gasteiger partial charge is 0.480 e. The smallest absolute Gasteiger partial charge is 0.328 e. The van der Waals surface area contributed by atoms with Crippen LogP contribution in [0.25, 0.3) is 0 Å². The number of carboxylic acid groups (broad SMARTS) is 1. The Hall–Kier alpha value is -2.74. The van der Waals surface area contributed by atoms with Gasteiger partial charge in [0.25, 0.3) is 0 Å². The molecule has 1 aliphatic rings. The maximum absolute atomic E-state index is 12.6. The molecule has 0 bridgehead atoms. The Labute approximate surface area is 154 Å². The number of aromatic nitrogens is 3. The first kappa shape index (κ1) is 18.1. The highest BCUT2D eigenvalue weighted by atomic mass is 35.5. The van der Waals surface area contributed by atoms with Crippen LogP contribution in [-0.2, 0) is 22.7 Å². The lowest BCUT2D eigenvalue weighted by Gasteiger charge is -2.33. The Kier molecular flexibility index (Phi) is 5.03. The monoisotopic (exact) mass is 376 g/mol. The molecule has 1 N–H and O–H groups in total. The van der Waals surface area contributed by atoms with Gasteiger partial charge in [0.15, 0.2) is 11.6 Å². The van der Waals surface area contributed by atoms with Crippen molar-refractivity contribution in [1.29, 1.82) is 0 Å². The number of Topliss-reactive ketones (excluding diaryl/α,β-unsaturated/α-hetero) is 1. The van der Waals surface area contributed by atoms with Crippen molar-refractivity contribution in [2.75, 3.05) is 0 Å². The third kappa shape index (κ3) is 3.60. The topological polar surface area (TPSA) is 105 Å². The highest BCUT2D eigenvalue weighted by Gasteiger charge is 2.36. The minimum atomic E-state index is -1.10. The second-order valence-corrected chi connectivity index (χ2v) is 6.52. The maximum Gasteiger partial charge on any atom is 0.328 e. The average Bonchev–Trinajstić information content (AvgIpc) is 2.99. The van der Waals surface area contributed by atoms with E-state index in [1.807, 2.05) is 0 Å². The summed E-state index contributed by atoms with van der Waals surface area (Å²) in [5.41, 5.74) is 0.464. The summed E-state index contributed by atoms with van der Waals surface area (Å²) < 4.78 is 1.70. The van der Waals surface area contributed by atoms with Crippen LogP contribution in [0.2, 0.25) is 5.02 Å². The van der Waals surface area contributed by atoms with Gasteiger partial charge in [-0.25, -0.2) is 4.79 Å². The molecule has 1 aromatic carbocycles. The number of hydrogen-bond acceptors (Lipinski definition) is 5. The van der Waals surface area contributed by atoms with Gasteiger partial charge < -0.3 is 14.6 Å². The Morgan fingerprint density at radius 1 is 1.19 bits per heavy atom. The third-order valence-corrected chi connectivity index (χ3v) is 4.65. The second kappa shape index (κ2) is 7.25. The number of halogens is 1. The van der Waals surface area contributed by atoms with Gasteiger partial charge in [-0.05, 0) is 31.2 Å². The third-order valence-electron chi connectivity index (χ3n) is 4.39. The molecule has 1 unspecified atom stereocenters. The predicted octanol–water partition coefficient (Wildman–Crippen LogP) is 1.70. The molecule has 0 saturated carbocycles. The molecule has 1 atom stereocenters. The standard InChI is InChI=1S/C17H17ClN4O4/c1-10-19-20-15-9-22(13(17(25)26)8-21(10)15)16(24)7-6-14(23)11-2-4-12(18)5-3-11/h2-5,13H,6-9H2,1H3,(H,25,26). The van der Waals surface area contributed by atoms with E-state index >= 15 is 0 Å². The van der Waals surface area contributed by atoms with E-state index in [9.17, 15) is 19.5 Å². The summed E-state index contributed by atoms with van der Waals surface area (Å²) in [6.45, 7) is 1.89. The van der Waals surface area contributed by atoms with Crippen molar-refractivity contribution in [2.24, 2.45) is 0 Å². The molecule has 2 aromatic rings. The summed E-state index contributed by atoms with van der Waals surface area (Å²) >= 11 is 5.79. The molecule has 0 spiro atoms. The van der Waals surface area contributed by atoms with Crippen molar-refractivity contribution in [3.8, 4) is 0 Å². The summed E-state index contributed by atoms with van der Waals surface area (Å²) in [6, 6.07) is 5.41. The molecule has 136 valence electrons. The number of benzene rings is 1. The fraction of sp³-hybridized carbons (Fsp3) is 0.353. The van der Waals surface area contributed by atoms with E-state index in [1.165, 1.54) is 4.90 Å². The van der Waals surface area contributed by atoms with Gasteiger partial charge in [-0.3, -0.25) is 9.59 Å². The molecule has 0 saturated heterocycles. The fourth-order valence-electron chi connectivity index (χ4n) is 2.93. The molecule has 3 rings (SSSR count). The lowest BCUT2D eigenvalue weighted by atomic mass is 10.1. The van der Waals surface area contributed by atoms with Crippen molar-refractivity contribution in [3.05, 3.63) is 46.5 Å². The molecular formula is C17H17ClN4O4. The van der Waals surface area contributed by atoms with Crippen LogP contribution in [0.3, 0.4) is 0 Å². The van der Waals surface area contributed by atoms with Gasteiger partial charge >= 0.3 is 5.97 Å². The van der Waals surface area contributed by atoms with Crippen LogP contribution in [0.15, 0.2) is 24.3 Å². The fourth-order valence-corrected chi connectivity index (χ4v) is 3.06. The number of carbonyl (C=O) groups excluding carboxylic acids is 2. The zero-order valence-corrected chi connectivity index (χ0v) is 14.8. The van der Waals surface area contributed by atoms with Crippen LogP contribution in [0.5, 0.6) is 0 Å². The van der Waals surface area contributed by atoms with Crippen LogP contribution < -0.4 is 0 Å². The lowest BCUT2D eigenvalue weighted by molar-refractivity contribution is -0.152. The van der Waals surface area contributed by atoms with Crippen molar-refractivity contribution in [2.45, 2.75) is 38.9 Å². The summed E-state index contributed by atoms with van der Waals surface area (Å²) in [5, 5.41) is 17.9. The number of aryl methyl sites for hydroxylation is 1. The van der Waals surface area contributed by atoms with E-state index in [1.54, 1.807) is 35.8 Å². The van der Waals surface area contributed by atoms with Gasteiger partial charge in [0.1, 0.15) is 11.9 Å². The SMILES string of the molecule is Cc1nnc2n1CC(C(=O)O)N(C(=O)CCC(=O)c1ccc(Cl)cc1)C2. The number of carbonyl (C=O) groups is 3. The van der Waals surface area contributed by atoms with E-state index in [2.05, 4.69) is 10.2 Å². The van der Waals surface area contributed by atoms with Crippen molar-refractivity contribution in [3.63, 3.8) is 0 Å². The predicted molar refractivity (Wildman–Crippen MR) is 91.7 cm³/mol.